The maximum atomic E-state index is 9.55. The summed E-state index contributed by atoms with van der Waals surface area (Å²) in [4.78, 5) is 27.8. The first-order valence-electron chi connectivity index (χ1n) is 9.49. The van der Waals surface area contributed by atoms with Gasteiger partial charge in [0.2, 0.25) is 0 Å². The first kappa shape index (κ1) is 21.7. The molecular weight excluding hydrogens is 398 g/mol. The van der Waals surface area contributed by atoms with Crippen LogP contribution in [0.25, 0.3) is 10.8 Å². The van der Waals surface area contributed by atoms with Crippen LogP contribution in [0.4, 0.5) is 5.69 Å². The van der Waals surface area contributed by atoms with E-state index in [9.17, 15) is 9.59 Å². The summed E-state index contributed by atoms with van der Waals surface area (Å²) in [5, 5.41) is 21.5. The highest BCUT2D eigenvalue weighted by Gasteiger charge is 2.18. The fourth-order valence-electron chi connectivity index (χ4n) is 3.00. The van der Waals surface area contributed by atoms with Crippen molar-refractivity contribution in [3.63, 3.8) is 0 Å². The third-order valence-electron chi connectivity index (χ3n) is 4.28. The van der Waals surface area contributed by atoms with Gasteiger partial charge in [0.25, 0.3) is 0 Å². The highest BCUT2D eigenvalue weighted by molar-refractivity contribution is 6.25. The molecule has 0 spiro atoms. The van der Waals surface area contributed by atoms with Crippen LogP contribution < -0.4 is 5.32 Å². The van der Waals surface area contributed by atoms with Crippen LogP contribution in [0.1, 0.15) is 11.1 Å². The number of aliphatic carboxylic acids is 2. The van der Waals surface area contributed by atoms with E-state index in [0.717, 1.165) is 17.1 Å². The summed E-state index contributed by atoms with van der Waals surface area (Å²) in [6, 6.07) is 16.5. The van der Waals surface area contributed by atoms with E-state index in [-0.39, 0.29) is 0 Å². The summed E-state index contributed by atoms with van der Waals surface area (Å²) < 4.78 is 5.65. The van der Waals surface area contributed by atoms with Crippen molar-refractivity contribution in [3.05, 3.63) is 84.2 Å². The molecule has 158 valence electrons. The number of anilines is 1. The Balaban J connectivity index is 0.000000293. The number of carbonyl (C=O) groups is 2. The molecule has 8 nitrogen and oxygen atoms in total. The molecular formula is C23H21N3O5. The number of benzene rings is 2. The highest BCUT2D eigenvalue weighted by Crippen LogP contribution is 2.32. The van der Waals surface area contributed by atoms with E-state index in [4.69, 9.17) is 14.9 Å². The smallest absolute Gasteiger partial charge is 0.328 e. The van der Waals surface area contributed by atoms with E-state index in [1.165, 1.54) is 16.3 Å². The molecule has 3 N–H and O–H groups in total. The Bertz CT molecular complexity index is 1110. The van der Waals surface area contributed by atoms with Gasteiger partial charge >= 0.3 is 11.9 Å². The molecule has 0 fully saturated rings. The number of ether oxygens (including phenoxy) is 1. The second kappa shape index (κ2) is 10.7. The second-order valence-corrected chi connectivity index (χ2v) is 6.49. The van der Waals surface area contributed by atoms with Gasteiger partial charge in [0.1, 0.15) is 5.84 Å². The molecule has 1 aliphatic heterocycles. The molecule has 0 radical (unpaired) electrons. The fraction of sp³-hybridized carbons (Fsp3) is 0.130. The van der Waals surface area contributed by atoms with E-state index in [0.29, 0.717) is 31.9 Å². The van der Waals surface area contributed by atoms with Crippen LogP contribution >= 0.6 is 0 Å². The lowest BCUT2D eigenvalue weighted by Crippen LogP contribution is -2.10. The first-order valence-corrected chi connectivity index (χ1v) is 9.49. The maximum absolute atomic E-state index is 9.55. The second-order valence-electron chi connectivity index (χ2n) is 6.49. The number of rotatable bonds is 7. The number of carboxylic acids is 2. The summed E-state index contributed by atoms with van der Waals surface area (Å²) in [7, 11) is 0. The molecule has 0 unspecified atom stereocenters. The summed E-state index contributed by atoms with van der Waals surface area (Å²) in [5.41, 5.74) is 3.38. The Labute approximate surface area is 178 Å². The Kier molecular flexibility index (Phi) is 7.45. The van der Waals surface area contributed by atoms with Crippen LogP contribution in [0, 0.1) is 0 Å². The predicted octanol–water partition coefficient (Wildman–Crippen LogP) is 3.34. The van der Waals surface area contributed by atoms with Crippen molar-refractivity contribution in [2.45, 2.75) is 6.61 Å². The van der Waals surface area contributed by atoms with Crippen molar-refractivity contribution in [2.24, 2.45) is 4.99 Å². The third-order valence-corrected chi connectivity index (χ3v) is 4.28. The van der Waals surface area contributed by atoms with Gasteiger partial charge in [-0.05, 0) is 23.1 Å². The number of aliphatic imine (C=N–C) groups is 1. The van der Waals surface area contributed by atoms with Crippen LogP contribution in [0.15, 0.2) is 78.1 Å². The lowest BCUT2D eigenvalue weighted by Gasteiger charge is -2.03. The minimum absolute atomic E-state index is 0.558. The number of nitrogens with zero attached hydrogens (tertiary/aromatic N) is 2. The summed E-state index contributed by atoms with van der Waals surface area (Å²) >= 11 is 0. The van der Waals surface area contributed by atoms with Crippen LogP contribution in [0.2, 0.25) is 0 Å². The number of hydrogen-bond donors (Lipinski definition) is 3. The molecule has 3 aromatic rings. The topological polar surface area (TPSA) is 121 Å². The van der Waals surface area contributed by atoms with Gasteiger partial charge in [-0.25, -0.2) is 9.59 Å². The number of carboxylic acid groups (broad SMARTS) is 2. The largest absolute Gasteiger partial charge is 0.478 e. The van der Waals surface area contributed by atoms with E-state index < -0.39 is 11.9 Å². The average molecular weight is 419 g/mol. The number of nitrogens with one attached hydrogen (secondary N) is 1. The molecule has 0 bridgehead atoms. The SMILES string of the molecule is O=C(O)/C=C/C(=O)O.c1cncc(COCCN=C2Nc3cccc4cccc2c34)c1. The molecule has 2 aromatic carbocycles. The van der Waals surface area contributed by atoms with E-state index in [2.05, 4.69) is 51.7 Å². The van der Waals surface area contributed by atoms with E-state index in [1.807, 2.05) is 18.3 Å². The standard InChI is InChI=1S/C19H17N3O.C4H4O4/c1-5-15-6-2-8-17-18(15)16(7-1)19(22-17)21-10-11-23-13-14-4-3-9-20-12-14;5-3(6)1-2-4(7)8/h1-9,12H,10-11,13H2,(H,21,22);1-2H,(H,5,6)(H,7,8)/b;2-1+. The third kappa shape index (κ3) is 6.22. The molecule has 1 aliphatic rings. The number of pyridine rings is 1. The summed E-state index contributed by atoms with van der Waals surface area (Å²) in [5.74, 6) is -1.58. The highest BCUT2D eigenvalue weighted by atomic mass is 16.5. The van der Waals surface area contributed by atoms with Crippen molar-refractivity contribution in [1.29, 1.82) is 0 Å². The van der Waals surface area contributed by atoms with Gasteiger partial charge in [0.15, 0.2) is 0 Å². The molecule has 0 aliphatic carbocycles. The van der Waals surface area contributed by atoms with Gasteiger partial charge in [-0.1, -0.05) is 36.4 Å². The predicted molar refractivity (Wildman–Crippen MR) is 117 cm³/mol. The van der Waals surface area contributed by atoms with Crippen molar-refractivity contribution >= 4 is 34.2 Å². The van der Waals surface area contributed by atoms with Crippen LogP contribution in [-0.2, 0) is 20.9 Å². The van der Waals surface area contributed by atoms with Gasteiger partial charge in [-0.2, -0.15) is 0 Å². The molecule has 2 heterocycles. The molecule has 4 rings (SSSR count). The first-order chi connectivity index (χ1) is 15.0. The molecule has 1 aromatic heterocycles. The van der Waals surface area contributed by atoms with Crippen molar-refractivity contribution in [1.82, 2.24) is 4.98 Å². The Morgan fingerprint density at radius 2 is 1.77 bits per heavy atom. The Hall–Kier alpha value is -4.04. The van der Waals surface area contributed by atoms with Crippen molar-refractivity contribution in [3.8, 4) is 0 Å². The van der Waals surface area contributed by atoms with Gasteiger partial charge < -0.3 is 20.3 Å². The number of amidine groups is 1. The van der Waals surface area contributed by atoms with Gasteiger partial charge in [0.05, 0.1) is 19.8 Å². The van der Waals surface area contributed by atoms with Crippen LogP contribution in [-0.4, -0.2) is 46.1 Å². The maximum Gasteiger partial charge on any atom is 0.328 e. The number of aromatic nitrogens is 1. The molecule has 0 saturated heterocycles. The zero-order valence-corrected chi connectivity index (χ0v) is 16.6. The average Bonchev–Trinajstić information content (AvgIpc) is 3.13. The molecule has 0 saturated carbocycles. The monoisotopic (exact) mass is 419 g/mol. The minimum atomic E-state index is -1.26. The fourth-order valence-corrected chi connectivity index (χ4v) is 3.00. The van der Waals surface area contributed by atoms with Gasteiger partial charge in [0, 0.05) is 41.2 Å². The van der Waals surface area contributed by atoms with E-state index in [1.54, 1.807) is 6.20 Å². The minimum Gasteiger partial charge on any atom is -0.478 e. The van der Waals surface area contributed by atoms with Crippen molar-refractivity contribution in [2.75, 3.05) is 18.5 Å². The zero-order chi connectivity index (χ0) is 22.1. The molecule has 0 atom stereocenters. The Morgan fingerprint density at radius 3 is 2.45 bits per heavy atom. The number of hydrogen-bond acceptors (Lipinski definition) is 5. The normalized spacial score (nSPS) is 13.1. The Morgan fingerprint density at radius 1 is 1.03 bits per heavy atom. The quantitative estimate of drug-likeness (QED) is 0.397. The summed E-state index contributed by atoms with van der Waals surface area (Å²) in [6.45, 7) is 1.79. The summed E-state index contributed by atoms with van der Waals surface area (Å²) in [6.07, 6.45) is 4.70. The zero-order valence-electron chi connectivity index (χ0n) is 16.6. The van der Waals surface area contributed by atoms with Crippen molar-refractivity contribution < 1.29 is 24.5 Å². The van der Waals surface area contributed by atoms with Crippen LogP contribution in [0.5, 0.6) is 0 Å². The van der Waals surface area contributed by atoms with Gasteiger partial charge in [-0.3, -0.25) is 9.98 Å². The lowest BCUT2D eigenvalue weighted by atomic mass is 10.1. The van der Waals surface area contributed by atoms with Gasteiger partial charge in [-0.15, -0.1) is 0 Å². The molecule has 8 heteroatoms. The molecule has 31 heavy (non-hydrogen) atoms. The van der Waals surface area contributed by atoms with E-state index >= 15 is 0 Å². The van der Waals surface area contributed by atoms with Crippen LogP contribution in [0.3, 0.4) is 0 Å². The molecule has 0 amide bonds. The lowest BCUT2D eigenvalue weighted by molar-refractivity contribution is -0.134.